The second-order valence-electron chi connectivity index (χ2n) is 2.30. The predicted octanol–water partition coefficient (Wildman–Crippen LogP) is 2.85. The number of halogens is 1. The van der Waals surface area contributed by atoms with Crippen LogP contribution in [0.3, 0.4) is 0 Å². The first-order valence-corrected chi connectivity index (χ1v) is 3.99. The van der Waals surface area contributed by atoms with Crippen LogP contribution in [-0.2, 0) is 0 Å². The van der Waals surface area contributed by atoms with Gasteiger partial charge in [-0.2, -0.15) is 0 Å². The molecule has 0 fully saturated rings. The molecule has 0 aromatic heterocycles. The lowest BCUT2D eigenvalue weighted by Crippen LogP contribution is -1.92. The van der Waals surface area contributed by atoms with Gasteiger partial charge in [0.1, 0.15) is 0 Å². The highest BCUT2D eigenvalue weighted by Crippen LogP contribution is 2.30. The van der Waals surface area contributed by atoms with Crippen molar-refractivity contribution in [3.63, 3.8) is 0 Å². The maximum Gasteiger partial charge on any atom is 0.273 e. The summed E-state index contributed by atoms with van der Waals surface area (Å²) in [5, 5.41) is 10.8. The average Bonchev–Trinajstić information content (AvgIpc) is 2.00. The maximum atomic E-state index is 10.4. The van der Waals surface area contributed by atoms with Crippen molar-refractivity contribution in [3.8, 4) is 0 Å². The molecule has 0 amide bonds. The highest BCUT2D eigenvalue weighted by molar-refractivity contribution is 7.80. The van der Waals surface area contributed by atoms with Crippen LogP contribution < -0.4 is 0 Å². The summed E-state index contributed by atoms with van der Waals surface area (Å²) in [5.41, 5.74) is 0.542. The molecule has 0 aliphatic carbocycles. The molecule has 0 aliphatic rings. The van der Waals surface area contributed by atoms with Crippen molar-refractivity contribution in [1.29, 1.82) is 0 Å². The predicted molar refractivity (Wildman–Crippen MR) is 50.1 cm³/mol. The Kier molecular flexibility index (Phi) is 2.59. The highest BCUT2D eigenvalue weighted by Gasteiger charge is 2.13. The number of nitro groups is 1. The lowest BCUT2D eigenvalue weighted by Gasteiger charge is -2.01. The second kappa shape index (κ2) is 3.33. The Labute approximate surface area is 79.9 Å². The van der Waals surface area contributed by atoms with E-state index in [2.05, 4.69) is 12.6 Å². The molecule has 0 bridgehead atoms. The molecular formula is C7H6ClNO2S. The molecule has 0 radical (unpaired) electrons. The minimum absolute atomic E-state index is 0.0457. The summed E-state index contributed by atoms with van der Waals surface area (Å²) in [4.78, 5) is 10.4. The fourth-order valence-corrected chi connectivity index (χ4v) is 1.25. The number of hydrogen-bond acceptors (Lipinski definition) is 3. The molecule has 5 heteroatoms. The van der Waals surface area contributed by atoms with Gasteiger partial charge in [-0.1, -0.05) is 11.6 Å². The molecule has 12 heavy (non-hydrogen) atoms. The minimum Gasteiger partial charge on any atom is -0.258 e. The van der Waals surface area contributed by atoms with Crippen LogP contribution in [0.25, 0.3) is 0 Å². The average molecular weight is 204 g/mol. The van der Waals surface area contributed by atoms with Crippen molar-refractivity contribution < 1.29 is 4.92 Å². The van der Waals surface area contributed by atoms with E-state index in [1.54, 1.807) is 6.92 Å². The van der Waals surface area contributed by atoms with Crippen molar-refractivity contribution >= 4 is 29.9 Å². The van der Waals surface area contributed by atoms with Gasteiger partial charge in [0, 0.05) is 16.5 Å². The van der Waals surface area contributed by atoms with Gasteiger partial charge >= 0.3 is 0 Å². The number of thiol groups is 1. The first-order chi connectivity index (χ1) is 5.54. The minimum atomic E-state index is -0.453. The maximum absolute atomic E-state index is 10.4. The van der Waals surface area contributed by atoms with Gasteiger partial charge < -0.3 is 0 Å². The van der Waals surface area contributed by atoms with Crippen LogP contribution in [0.1, 0.15) is 5.56 Å². The van der Waals surface area contributed by atoms with Gasteiger partial charge in [0.25, 0.3) is 5.69 Å². The van der Waals surface area contributed by atoms with Crippen molar-refractivity contribution in [1.82, 2.24) is 0 Å². The monoisotopic (exact) mass is 203 g/mol. The molecule has 1 aromatic rings. The van der Waals surface area contributed by atoms with Crippen LogP contribution in [0.15, 0.2) is 17.0 Å². The van der Waals surface area contributed by atoms with Crippen molar-refractivity contribution in [3.05, 3.63) is 32.8 Å². The Morgan fingerprint density at radius 2 is 2.17 bits per heavy atom. The van der Waals surface area contributed by atoms with E-state index in [0.29, 0.717) is 15.5 Å². The van der Waals surface area contributed by atoms with E-state index in [1.807, 2.05) is 0 Å². The standard InChI is InChI=1S/C7H6ClNO2S/c1-4-6(9(10)11)3-2-5(8)7(4)12/h2-3,12H,1H3. The second-order valence-corrected chi connectivity index (χ2v) is 3.15. The SMILES string of the molecule is Cc1c([N+](=O)[O-])ccc(Cl)c1S. The Hall–Kier alpha value is -0.740. The molecule has 0 spiro atoms. The van der Waals surface area contributed by atoms with Crippen LogP contribution >= 0.6 is 24.2 Å². The van der Waals surface area contributed by atoms with Gasteiger partial charge in [-0.25, -0.2) is 0 Å². The smallest absolute Gasteiger partial charge is 0.258 e. The number of hydrogen-bond donors (Lipinski definition) is 1. The zero-order chi connectivity index (χ0) is 9.30. The van der Waals surface area contributed by atoms with Crippen molar-refractivity contribution in [2.45, 2.75) is 11.8 Å². The number of rotatable bonds is 1. The van der Waals surface area contributed by atoms with E-state index in [0.717, 1.165) is 0 Å². The third kappa shape index (κ3) is 1.54. The van der Waals surface area contributed by atoms with Gasteiger partial charge in [0.2, 0.25) is 0 Å². The van der Waals surface area contributed by atoms with Crippen LogP contribution in [0.2, 0.25) is 5.02 Å². The normalized spacial score (nSPS) is 9.92. The third-order valence-electron chi connectivity index (χ3n) is 1.55. The van der Waals surface area contributed by atoms with Gasteiger partial charge in [-0.05, 0) is 13.0 Å². The van der Waals surface area contributed by atoms with E-state index in [9.17, 15) is 10.1 Å². The first-order valence-electron chi connectivity index (χ1n) is 3.16. The quantitative estimate of drug-likeness (QED) is 0.433. The number of benzene rings is 1. The fraction of sp³-hybridized carbons (Fsp3) is 0.143. The largest absolute Gasteiger partial charge is 0.273 e. The number of nitro benzene ring substituents is 1. The van der Waals surface area contributed by atoms with Crippen LogP contribution in [-0.4, -0.2) is 4.92 Å². The summed E-state index contributed by atoms with van der Waals surface area (Å²) in [5.74, 6) is 0. The summed E-state index contributed by atoms with van der Waals surface area (Å²) >= 11 is 9.73. The van der Waals surface area contributed by atoms with Gasteiger partial charge in [-0.3, -0.25) is 10.1 Å². The van der Waals surface area contributed by atoms with E-state index in [4.69, 9.17) is 11.6 Å². The molecule has 0 aliphatic heterocycles. The summed E-state index contributed by atoms with van der Waals surface area (Å²) in [6, 6.07) is 2.84. The zero-order valence-corrected chi connectivity index (χ0v) is 7.89. The van der Waals surface area contributed by atoms with Gasteiger partial charge in [0.05, 0.1) is 9.95 Å². The van der Waals surface area contributed by atoms with Gasteiger partial charge in [0.15, 0.2) is 0 Å². The Morgan fingerprint density at radius 1 is 1.58 bits per heavy atom. The van der Waals surface area contributed by atoms with Crippen molar-refractivity contribution in [2.75, 3.05) is 0 Å². The summed E-state index contributed by atoms with van der Waals surface area (Å²) in [6.45, 7) is 1.62. The molecule has 64 valence electrons. The Balaban J connectivity index is 3.36. The molecular weight excluding hydrogens is 198 g/mol. The highest BCUT2D eigenvalue weighted by atomic mass is 35.5. The van der Waals surface area contributed by atoms with E-state index in [-0.39, 0.29) is 5.69 Å². The number of nitrogens with zero attached hydrogens (tertiary/aromatic N) is 1. The van der Waals surface area contributed by atoms with E-state index < -0.39 is 4.92 Å². The van der Waals surface area contributed by atoms with Gasteiger partial charge in [-0.15, -0.1) is 12.6 Å². The molecule has 0 saturated heterocycles. The van der Waals surface area contributed by atoms with Crippen LogP contribution in [0.5, 0.6) is 0 Å². The molecule has 0 heterocycles. The molecule has 0 saturated carbocycles. The summed E-state index contributed by atoms with van der Waals surface area (Å²) < 4.78 is 0. The Bertz CT molecular complexity index is 340. The van der Waals surface area contributed by atoms with Crippen LogP contribution in [0, 0.1) is 17.0 Å². The molecule has 0 atom stereocenters. The topological polar surface area (TPSA) is 43.1 Å². The van der Waals surface area contributed by atoms with Crippen molar-refractivity contribution in [2.24, 2.45) is 0 Å². The lowest BCUT2D eigenvalue weighted by molar-refractivity contribution is -0.385. The van der Waals surface area contributed by atoms with E-state index in [1.165, 1.54) is 12.1 Å². The first kappa shape index (κ1) is 9.35. The molecule has 0 unspecified atom stereocenters. The third-order valence-corrected chi connectivity index (χ3v) is 2.57. The fourth-order valence-electron chi connectivity index (χ4n) is 0.854. The summed E-state index contributed by atoms with van der Waals surface area (Å²) in [7, 11) is 0. The zero-order valence-electron chi connectivity index (χ0n) is 6.24. The van der Waals surface area contributed by atoms with E-state index >= 15 is 0 Å². The molecule has 3 nitrogen and oxygen atoms in total. The lowest BCUT2D eigenvalue weighted by atomic mass is 10.2. The molecule has 1 rings (SSSR count). The molecule has 1 aromatic carbocycles. The summed E-state index contributed by atoms with van der Waals surface area (Å²) in [6.07, 6.45) is 0. The Morgan fingerprint density at radius 3 is 2.67 bits per heavy atom. The molecule has 0 N–H and O–H groups in total. The van der Waals surface area contributed by atoms with Crippen LogP contribution in [0.4, 0.5) is 5.69 Å².